The summed E-state index contributed by atoms with van der Waals surface area (Å²) in [7, 11) is 2.13. The lowest BCUT2D eigenvalue weighted by molar-refractivity contribution is -0.870. The zero-order valence-corrected chi connectivity index (χ0v) is 11.9. The summed E-state index contributed by atoms with van der Waals surface area (Å²) in [6.45, 7) is 5.21. The molecule has 0 saturated carbocycles. The molecule has 0 fully saturated rings. The molecule has 1 unspecified atom stereocenters. The van der Waals surface area contributed by atoms with E-state index < -0.39 is 7.82 Å². The van der Waals surface area contributed by atoms with Crippen molar-refractivity contribution in [1.82, 2.24) is 0 Å². The molecule has 0 aromatic rings. The Morgan fingerprint density at radius 1 is 1.19 bits per heavy atom. The second-order valence-corrected chi connectivity index (χ2v) is 6.78. The normalized spacial score (nSPS) is 16.4. The van der Waals surface area contributed by atoms with Gasteiger partial charge in [-0.3, -0.25) is 9.05 Å². The van der Waals surface area contributed by atoms with Gasteiger partial charge in [0, 0.05) is 0 Å². The lowest BCUT2D eigenvalue weighted by Crippen LogP contribution is -2.37. The van der Waals surface area contributed by atoms with E-state index in [4.69, 9.17) is 9.05 Å². The van der Waals surface area contributed by atoms with E-state index in [1.807, 2.05) is 35.0 Å². The highest BCUT2D eigenvalue weighted by Crippen LogP contribution is 2.43. The molecular formula is C10H25NO4P+. The standard InChI is InChI=1S/C10H24NO4P/c1-10(2)6-8-14-16(12,13)15-9-7-11(3,4)5/h10H,6-9H2,1-5H3/p+1. The number of rotatable bonds is 8. The Balaban J connectivity index is 3.75. The minimum absolute atomic E-state index is 0.221. The Hall–Kier alpha value is 0.0700. The third-order valence-electron chi connectivity index (χ3n) is 1.97. The molecule has 0 amide bonds. The Labute approximate surface area is 98.6 Å². The summed E-state index contributed by atoms with van der Waals surface area (Å²) in [5, 5.41) is 0. The van der Waals surface area contributed by atoms with Crippen molar-refractivity contribution < 1.29 is 23.0 Å². The van der Waals surface area contributed by atoms with Crippen LogP contribution in [0.3, 0.4) is 0 Å². The number of phosphoric ester groups is 1. The van der Waals surface area contributed by atoms with Gasteiger partial charge in [0.1, 0.15) is 13.2 Å². The van der Waals surface area contributed by atoms with E-state index in [0.717, 1.165) is 6.42 Å². The van der Waals surface area contributed by atoms with Gasteiger partial charge in [-0.1, -0.05) is 13.8 Å². The van der Waals surface area contributed by atoms with Gasteiger partial charge in [0.15, 0.2) is 0 Å². The number of hydrogen-bond donors (Lipinski definition) is 1. The van der Waals surface area contributed by atoms with Crippen molar-refractivity contribution in [1.29, 1.82) is 0 Å². The zero-order chi connectivity index (χ0) is 12.8. The molecule has 0 saturated heterocycles. The predicted octanol–water partition coefficient (Wildman–Crippen LogP) is 1.87. The minimum Gasteiger partial charge on any atom is -0.329 e. The predicted molar refractivity (Wildman–Crippen MR) is 64.1 cm³/mol. The van der Waals surface area contributed by atoms with Gasteiger partial charge in [0.25, 0.3) is 0 Å². The molecule has 98 valence electrons. The second kappa shape index (κ2) is 6.72. The summed E-state index contributed by atoms with van der Waals surface area (Å²) < 4.78 is 21.8. The van der Waals surface area contributed by atoms with E-state index in [-0.39, 0.29) is 13.2 Å². The van der Waals surface area contributed by atoms with Crippen molar-refractivity contribution in [2.24, 2.45) is 5.92 Å². The maximum atomic E-state index is 11.4. The van der Waals surface area contributed by atoms with E-state index in [1.165, 1.54) is 0 Å². The van der Waals surface area contributed by atoms with Crippen molar-refractivity contribution >= 4 is 7.82 Å². The maximum Gasteiger partial charge on any atom is 0.472 e. The molecule has 0 aromatic heterocycles. The van der Waals surface area contributed by atoms with Gasteiger partial charge < -0.3 is 9.38 Å². The Bertz CT molecular complexity index is 237. The quantitative estimate of drug-likeness (QED) is 0.530. The summed E-state index contributed by atoms with van der Waals surface area (Å²) in [6, 6.07) is 0. The van der Waals surface area contributed by atoms with Crippen LogP contribution in [0.2, 0.25) is 0 Å². The SMILES string of the molecule is CC(C)CCOP(=O)(O)OCC[N+](C)(C)C. The molecule has 1 N–H and O–H groups in total. The highest BCUT2D eigenvalue weighted by Gasteiger charge is 2.22. The fourth-order valence-corrected chi connectivity index (χ4v) is 1.59. The molecule has 16 heavy (non-hydrogen) atoms. The monoisotopic (exact) mass is 254 g/mol. The Morgan fingerprint density at radius 2 is 1.69 bits per heavy atom. The molecule has 0 aliphatic rings. The van der Waals surface area contributed by atoms with Gasteiger partial charge in [-0.15, -0.1) is 0 Å². The van der Waals surface area contributed by atoms with E-state index in [0.29, 0.717) is 16.9 Å². The summed E-state index contributed by atoms with van der Waals surface area (Å²) >= 11 is 0. The van der Waals surface area contributed by atoms with Crippen LogP contribution in [-0.2, 0) is 13.6 Å². The van der Waals surface area contributed by atoms with Crippen LogP contribution in [0.25, 0.3) is 0 Å². The molecule has 0 spiro atoms. The van der Waals surface area contributed by atoms with Crippen LogP contribution in [0.15, 0.2) is 0 Å². The molecule has 0 radical (unpaired) electrons. The van der Waals surface area contributed by atoms with E-state index >= 15 is 0 Å². The molecule has 5 nitrogen and oxygen atoms in total. The molecule has 0 aromatic carbocycles. The summed E-state index contributed by atoms with van der Waals surface area (Å²) in [5.74, 6) is 0.450. The number of quaternary nitrogens is 1. The number of likely N-dealkylation sites (N-methyl/N-ethyl adjacent to an activating group) is 1. The average Bonchev–Trinajstić information content (AvgIpc) is 1.99. The van der Waals surface area contributed by atoms with Crippen LogP contribution in [0.4, 0.5) is 0 Å². The molecule has 0 bridgehead atoms. The van der Waals surface area contributed by atoms with Crippen LogP contribution in [0.1, 0.15) is 20.3 Å². The van der Waals surface area contributed by atoms with Crippen molar-refractivity contribution in [2.45, 2.75) is 20.3 Å². The van der Waals surface area contributed by atoms with Gasteiger partial charge in [-0.2, -0.15) is 0 Å². The first-order valence-corrected chi connectivity index (χ1v) is 7.04. The van der Waals surface area contributed by atoms with Crippen molar-refractivity contribution in [3.05, 3.63) is 0 Å². The van der Waals surface area contributed by atoms with Crippen molar-refractivity contribution in [2.75, 3.05) is 40.9 Å². The molecule has 1 atom stereocenters. The summed E-state index contributed by atoms with van der Waals surface area (Å²) in [4.78, 5) is 9.33. The van der Waals surface area contributed by atoms with Crippen LogP contribution in [0, 0.1) is 5.92 Å². The fourth-order valence-electron chi connectivity index (χ4n) is 0.871. The highest BCUT2D eigenvalue weighted by atomic mass is 31.2. The third kappa shape index (κ3) is 10.6. The van der Waals surface area contributed by atoms with Crippen LogP contribution in [-0.4, -0.2) is 50.3 Å². The fraction of sp³-hybridized carbons (Fsp3) is 1.00. The van der Waals surface area contributed by atoms with Crippen LogP contribution in [0.5, 0.6) is 0 Å². The number of hydrogen-bond acceptors (Lipinski definition) is 3. The lowest BCUT2D eigenvalue weighted by Gasteiger charge is -2.24. The van der Waals surface area contributed by atoms with Gasteiger partial charge in [0.05, 0.1) is 27.7 Å². The average molecular weight is 254 g/mol. The zero-order valence-electron chi connectivity index (χ0n) is 11.0. The van der Waals surface area contributed by atoms with E-state index in [9.17, 15) is 9.46 Å². The maximum absolute atomic E-state index is 11.4. The van der Waals surface area contributed by atoms with Crippen LogP contribution >= 0.6 is 7.82 Å². The molecular weight excluding hydrogens is 229 g/mol. The van der Waals surface area contributed by atoms with E-state index in [1.54, 1.807) is 0 Å². The molecule has 0 heterocycles. The number of nitrogens with zero attached hydrogens (tertiary/aromatic N) is 1. The largest absolute Gasteiger partial charge is 0.472 e. The first-order valence-electron chi connectivity index (χ1n) is 5.55. The number of phosphoric acid groups is 1. The van der Waals surface area contributed by atoms with Gasteiger partial charge in [-0.25, -0.2) is 4.57 Å². The molecule has 0 aliphatic heterocycles. The molecule has 0 aliphatic carbocycles. The Morgan fingerprint density at radius 3 is 2.12 bits per heavy atom. The summed E-state index contributed by atoms with van der Waals surface area (Å²) in [6.07, 6.45) is 0.753. The Kier molecular flexibility index (Phi) is 6.75. The summed E-state index contributed by atoms with van der Waals surface area (Å²) in [5.41, 5.74) is 0. The first-order chi connectivity index (χ1) is 7.12. The minimum atomic E-state index is -3.84. The second-order valence-electron chi connectivity index (χ2n) is 5.33. The van der Waals surface area contributed by atoms with Gasteiger partial charge >= 0.3 is 7.82 Å². The van der Waals surface area contributed by atoms with Crippen molar-refractivity contribution in [3.8, 4) is 0 Å². The molecule has 6 heteroatoms. The van der Waals surface area contributed by atoms with E-state index in [2.05, 4.69) is 0 Å². The first kappa shape index (κ1) is 16.1. The topological polar surface area (TPSA) is 55.8 Å². The molecule has 0 rings (SSSR count). The smallest absolute Gasteiger partial charge is 0.329 e. The van der Waals surface area contributed by atoms with Gasteiger partial charge in [0.2, 0.25) is 0 Å². The van der Waals surface area contributed by atoms with Crippen LogP contribution < -0.4 is 0 Å². The highest BCUT2D eigenvalue weighted by molar-refractivity contribution is 7.47. The third-order valence-corrected chi connectivity index (χ3v) is 2.98. The van der Waals surface area contributed by atoms with Gasteiger partial charge in [-0.05, 0) is 12.3 Å². The van der Waals surface area contributed by atoms with Crippen molar-refractivity contribution in [3.63, 3.8) is 0 Å². The lowest BCUT2D eigenvalue weighted by atomic mass is 10.2.